The van der Waals surface area contributed by atoms with Crippen LogP contribution in [0.5, 0.6) is 0 Å². The number of ether oxygens (including phenoxy) is 2. The first-order valence-electron chi connectivity index (χ1n) is 13.6. The average Bonchev–Trinajstić information content (AvgIpc) is 3.11. The summed E-state index contributed by atoms with van der Waals surface area (Å²) in [6.45, 7) is 14.5. The molecule has 4 rings (SSSR count). The van der Waals surface area contributed by atoms with Crippen LogP contribution in [0, 0.1) is 28.6 Å². The number of hydrogen-bond donors (Lipinski definition) is 0. The molecule has 0 amide bonds. The van der Waals surface area contributed by atoms with E-state index >= 15 is 0 Å². The SMILES string of the molecule is CCC[N+](CC)(CC)COC(=O)O[C@H]1CC[C@@]2(C)C(=CC[C@@H]3[C@@H]2CC[C@]2(C)C(=O)CC[C@@H]32)C1.[I-]. The largest absolute Gasteiger partial charge is 1.00 e. The lowest BCUT2D eigenvalue weighted by molar-refractivity contribution is -0.940. The highest BCUT2D eigenvalue weighted by atomic mass is 127. The van der Waals surface area contributed by atoms with E-state index in [1.54, 1.807) is 0 Å². The number of carbonyl (C=O) groups is 2. The summed E-state index contributed by atoms with van der Waals surface area (Å²) in [6.07, 6.45) is 10.9. The predicted molar refractivity (Wildman–Crippen MR) is 129 cm³/mol. The molecule has 34 heavy (non-hydrogen) atoms. The first-order chi connectivity index (χ1) is 15.7. The summed E-state index contributed by atoms with van der Waals surface area (Å²) >= 11 is 0. The van der Waals surface area contributed by atoms with Gasteiger partial charge in [0.25, 0.3) is 0 Å². The van der Waals surface area contributed by atoms with E-state index in [0.29, 0.717) is 30.3 Å². The molecule has 4 aliphatic carbocycles. The Morgan fingerprint density at radius 3 is 2.41 bits per heavy atom. The Bertz CT molecular complexity index is 793. The number of fused-ring (bicyclic) bond motifs is 5. The molecule has 0 saturated heterocycles. The number of nitrogens with zero attached hydrogens (tertiary/aromatic N) is 1. The molecule has 0 N–H and O–H groups in total. The Morgan fingerprint density at radius 2 is 1.74 bits per heavy atom. The monoisotopic (exact) mass is 587 g/mol. The van der Waals surface area contributed by atoms with Gasteiger partial charge in [0, 0.05) is 18.3 Å². The van der Waals surface area contributed by atoms with Gasteiger partial charge in [0.1, 0.15) is 11.9 Å². The average molecular weight is 588 g/mol. The van der Waals surface area contributed by atoms with Gasteiger partial charge >= 0.3 is 6.16 Å². The molecule has 0 heterocycles. The molecule has 0 spiro atoms. The van der Waals surface area contributed by atoms with E-state index in [4.69, 9.17) is 9.47 Å². The standard InChI is InChI=1S/C28H46NO4.HI/c1-6-17-29(7-2,8-3)19-32-26(31)33-21-13-15-27(4)20(18-21)9-10-22-23-11-12-25(30)28(23,5)16-14-24(22)27;/h9,21-24H,6-8,10-19H2,1-5H3;1H/q+1;/p-1/t21-,22-,23-,24-,27-,28-;/m0./s1. The topological polar surface area (TPSA) is 52.6 Å². The fraction of sp³-hybridized carbons (Fsp3) is 0.857. The highest BCUT2D eigenvalue weighted by Crippen LogP contribution is 2.64. The van der Waals surface area contributed by atoms with Crippen LogP contribution in [0.2, 0.25) is 0 Å². The third kappa shape index (κ3) is 4.83. The van der Waals surface area contributed by atoms with E-state index in [0.717, 1.165) is 81.9 Å². The van der Waals surface area contributed by atoms with Crippen LogP contribution in [-0.2, 0) is 14.3 Å². The zero-order valence-corrected chi connectivity index (χ0v) is 24.2. The molecule has 4 aliphatic rings. The normalized spacial score (nSPS) is 37.0. The second-order valence-electron chi connectivity index (χ2n) is 11.9. The minimum absolute atomic E-state index is 0. The minimum atomic E-state index is -0.503. The van der Waals surface area contributed by atoms with Crippen LogP contribution < -0.4 is 24.0 Å². The van der Waals surface area contributed by atoms with Gasteiger partial charge in [-0.3, -0.25) is 9.28 Å². The molecule has 6 heteroatoms. The molecule has 0 radical (unpaired) electrons. The van der Waals surface area contributed by atoms with Crippen molar-refractivity contribution in [1.29, 1.82) is 0 Å². The molecular formula is C28H46INO4. The lowest BCUT2D eigenvalue weighted by Gasteiger charge is -2.56. The van der Waals surface area contributed by atoms with Crippen LogP contribution >= 0.6 is 0 Å². The Balaban J connectivity index is 0.00000324. The number of Topliss-reactive ketones (excluding diaryl/α,β-unsaturated/α-hetero) is 1. The summed E-state index contributed by atoms with van der Waals surface area (Å²) in [5.74, 6) is 2.37. The zero-order chi connectivity index (χ0) is 23.9. The van der Waals surface area contributed by atoms with E-state index in [-0.39, 0.29) is 40.9 Å². The Hall–Kier alpha value is -0.630. The van der Waals surface area contributed by atoms with Gasteiger partial charge in [-0.05, 0) is 82.0 Å². The van der Waals surface area contributed by atoms with E-state index in [9.17, 15) is 9.59 Å². The van der Waals surface area contributed by atoms with Crippen molar-refractivity contribution >= 4 is 11.9 Å². The molecule has 0 aliphatic heterocycles. The van der Waals surface area contributed by atoms with Gasteiger partial charge in [0.2, 0.25) is 6.73 Å². The molecule has 3 saturated carbocycles. The third-order valence-electron chi connectivity index (χ3n) is 10.5. The van der Waals surface area contributed by atoms with Crippen LogP contribution in [0.1, 0.15) is 92.4 Å². The molecule has 3 fully saturated rings. The van der Waals surface area contributed by atoms with Crippen molar-refractivity contribution in [2.75, 3.05) is 26.4 Å². The number of rotatable bonds is 7. The summed E-state index contributed by atoms with van der Waals surface area (Å²) in [5, 5.41) is 0. The molecule has 0 aromatic carbocycles. The first-order valence-corrected chi connectivity index (χ1v) is 13.6. The second-order valence-corrected chi connectivity index (χ2v) is 11.9. The fourth-order valence-electron chi connectivity index (χ4n) is 8.12. The third-order valence-corrected chi connectivity index (χ3v) is 10.5. The van der Waals surface area contributed by atoms with Crippen LogP contribution in [0.4, 0.5) is 4.79 Å². The second kappa shape index (κ2) is 10.8. The number of hydrogen-bond acceptors (Lipinski definition) is 4. The Morgan fingerprint density at radius 1 is 1.06 bits per heavy atom. The van der Waals surface area contributed by atoms with Gasteiger partial charge in [-0.15, -0.1) is 0 Å². The summed E-state index contributed by atoms with van der Waals surface area (Å²) in [6, 6.07) is 0. The smallest absolute Gasteiger partial charge is 0.512 e. The van der Waals surface area contributed by atoms with Gasteiger partial charge in [-0.2, -0.15) is 0 Å². The van der Waals surface area contributed by atoms with Crippen LogP contribution in [-0.4, -0.2) is 48.9 Å². The number of carbonyl (C=O) groups excluding carboxylic acids is 2. The van der Waals surface area contributed by atoms with Crippen LogP contribution in [0.15, 0.2) is 11.6 Å². The van der Waals surface area contributed by atoms with Crippen molar-refractivity contribution < 1.29 is 47.5 Å². The van der Waals surface area contributed by atoms with Crippen molar-refractivity contribution in [3.05, 3.63) is 11.6 Å². The number of allylic oxidation sites excluding steroid dienone is 1. The summed E-state index contributed by atoms with van der Waals surface area (Å²) in [7, 11) is 0. The quantitative estimate of drug-likeness (QED) is 0.151. The van der Waals surface area contributed by atoms with Gasteiger partial charge in [0.05, 0.1) is 19.6 Å². The lowest BCUT2D eigenvalue weighted by atomic mass is 9.48. The molecule has 0 bridgehead atoms. The Kier molecular flexibility index (Phi) is 8.86. The lowest BCUT2D eigenvalue weighted by Crippen LogP contribution is -3.00. The van der Waals surface area contributed by atoms with Gasteiger partial charge in [0.15, 0.2) is 0 Å². The van der Waals surface area contributed by atoms with Crippen molar-refractivity contribution in [3.8, 4) is 0 Å². The molecule has 194 valence electrons. The van der Waals surface area contributed by atoms with E-state index in [1.807, 2.05) is 0 Å². The van der Waals surface area contributed by atoms with Crippen molar-refractivity contribution in [1.82, 2.24) is 0 Å². The maximum atomic E-state index is 12.6. The molecule has 0 aromatic heterocycles. The van der Waals surface area contributed by atoms with Crippen LogP contribution in [0.3, 0.4) is 0 Å². The Labute approximate surface area is 224 Å². The molecule has 5 nitrogen and oxygen atoms in total. The van der Waals surface area contributed by atoms with E-state index in [2.05, 4.69) is 40.7 Å². The van der Waals surface area contributed by atoms with E-state index in [1.165, 1.54) is 5.57 Å². The fourth-order valence-corrected chi connectivity index (χ4v) is 8.12. The van der Waals surface area contributed by atoms with E-state index < -0.39 is 6.16 Å². The van der Waals surface area contributed by atoms with Crippen molar-refractivity contribution in [2.24, 2.45) is 28.6 Å². The highest BCUT2D eigenvalue weighted by Gasteiger charge is 2.58. The van der Waals surface area contributed by atoms with Crippen LogP contribution in [0.25, 0.3) is 0 Å². The number of quaternary nitrogens is 1. The van der Waals surface area contributed by atoms with Gasteiger partial charge < -0.3 is 33.5 Å². The van der Waals surface area contributed by atoms with Gasteiger partial charge in [-0.1, -0.05) is 32.4 Å². The minimum Gasteiger partial charge on any atom is -1.00 e. The zero-order valence-electron chi connectivity index (χ0n) is 22.0. The molecule has 6 atom stereocenters. The molecular weight excluding hydrogens is 541 g/mol. The summed E-state index contributed by atoms with van der Waals surface area (Å²) < 4.78 is 12.2. The maximum Gasteiger partial charge on any atom is 0.512 e. The molecule has 0 unspecified atom stereocenters. The maximum absolute atomic E-state index is 12.6. The summed E-state index contributed by atoms with van der Waals surface area (Å²) in [4.78, 5) is 25.2. The molecule has 0 aromatic rings. The number of ketones is 1. The van der Waals surface area contributed by atoms with Gasteiger partial charge in [-0.25, -0.2) is 4.79 Å². The highest BCUT2D eigenvalue weighted by molar-refractivity contribution is 5.87. The van der Waals surface area contributed by atoms with Crippen molar-refractivity contribution in [3.63, 3.8) is 0 Å². The predicted octanol–water partition coefficient (Wildman–Crippen LogP) is 3.27. The van der Waals surface area contributed by atoms with Crippen molar-refractivity contribution in [2.45, 2.75) is 98.5 Å². The first kappa shape index (κ1) is 27.9. The number of halogens is 1. The summed E-state index contributed by atoms with van der Waals surface area (Å²) in [5.41, 5.74) is 1.60.